The minimum atomic E-state index is -1.67. The van der Waals surface area contributed by atoms with Crippen molar-refractivity contribution in [2.45, 2.75) is 390 Å². The summed E-state index contributed by atoms with van der Waals surface area (Å²) in [6.45, 7) is 3.49. The Labute approximate surface area is 498 Å². The summed E-state index contributed by atoms with van der Waals surface area (Å²) in [5.41, 5.74) is 0. The third-order valence-electron chi connectivity index (χ3n) is 16.9. The lowest BCUT2D eigenvalue weighted by atomic mass is 9.98. The number of hydrogen-bond donors (Lipinski definition) is 8. The molecular formula is C70H133NO10. The molecule has 11 nitrogen and oxygen atoms in total. The largest absolute Gasteiger partial charge is 0.394 e. The van der Waals surface area contributed by atoms with Crippen molar-refractivity contribution in [1.29, 1.82) is 0 Å². The third kappa shape index (κ3) is 46.3. The molecule has 478 valence electrons. The van der Waals surface area contributed by atoms with E-state index in [1.807, 2.05) is 0 Å². The minimum Gasteiger partial charge on any atom is -0.394 e. The van der Waals surface area contributed by atoms with Gasteiger partial charge in [0.2, 0.25) is 5.91 Å². The van der Waals surface area contributed by atoms with E-state index in [9.17, 15) is 40.5 Å². The highest BCUT2D eigenvalue weighted by molar-refractivity contribution is 5.80. The summed E-state index contributed by atoms with van der Waals surface area (Å²) in [6, 6.07) is -1.19. The van der Waals surface area contributed by atoms with Crippen LogP contribution in [0.15, 0.2) is 36.5 Å². The molecule has 0 saturated carbocycles. The fourth-order valence-electron chi connectivity index (χ4n) is 11.3. The van der Waals surface area contributed by atoms with Gasteiger partial charge in [0.1, 0.15) is 36.6 Å². The predicted octanol–water partition coefficient (Wildman–Crippen LogP) is 16.6. The van der Waals surface area contributed by atoms with Crippen molar-refractivity contribution in [2.24, 2.45) is 0 Å². The van der Waals surface area contributed by atoms with E-state index in [1.165, 1.54) is 244 Å². The maximum absolute atomic E-state index is 13.2. The van der Waals surface area contributed by atoms with Crippen LogP contribution in [-0.4, -0.2) is 110 Å². The van der Waals surface area contributed by atoms with E-state index in [0.29, 0.717) is 19.3 Å². The first kappa shape index (κ1) is 77.3. The number of amides is 1. The van der Waals surface area contributed by atoms with E-state index in [0.717, 1.165) is 44.9 Å². The molecule has 0 aromatic carbocycles. The number of ether oxygens (including phenoxy) is 2. The molecule has 1 fully saturated rings. The predicted molar refractivity (Wildman–Crippen MR) is 339 cm³/mol. The average molecular weight is 1150 g/mol. The van der Waals surface area contributed by atoms with Gasteiger partial charge in [0, 0.05) is 0 Å². The van der Waals surface area contributed by atoms with Crippen LogP contribution in [0, 0.1) is 0 Å². The first-order valence-electron chi connectivity index (χ1n) is 34.9. The van der Waals surface area contributed by atoms with Crippen LogP contribution < -0.4 is 5.32 Å². The van der Waals surface area contributed by atoms with E-state index in [1.54, 1.807) is 0 Å². The summed E-state index contributed by atoms with van der Waals surface area (Å²) in [4.78, 5) is 13.2. The van der Waals surface area contributed by atoms with Crippen molar-refractivity contribution >= 4 is 5.91 Å². The summed E-state index contributed by atoms with van der Waals surface area (Å²) in [7, 11) is 0. The molecule has 9 atom stereocenters. The van der Waals surface area contributed by atoms with E-state index < -0.39 is 74.2 Å². The molecule has 11 heteroatoms. The van der Waals surface area contributed by atoms with E-state index >= 15 is 0 Å². The fraction of sp³-hybridized carbons (Fsp3) is 0.900. The topological polar surface area (TPSA) is 189 Å². The fourth-order valence-corrected chi connectivity index (χ4v) is 11.3. The van der Waals surface area contributed by atoms with Gasteiger partial charge >= 0.3 is 0 Å². The number of aliphatic hydroxyl groups is 7. The SMILES string of the molecule is CCCCCCCCCCCCC/C=C/CC/C=C/CC/C=C/CCCC(O)C(O)C(COC1OC(CO)C(O)C(O)C1O)NC(=O)C(O)CCCCCCCCCCCCCCCCCCCCCCCCCCCCCCCC. The molecule has 81 heavy (non-hydrogen) atoms. The molecule has 1 amide bonds. The number of unbranched alkanes of at least 4 members (excludes halogenated alkanes) is 43. The Hall–Kier alpha value is -1.67. The monoisotopic (exact) mass is 1150 g/mol. The zero-order valence-corrected chi connectivity index (χ0v) is 52.8. The van der Waals surface area contributed by atoms with Gasteiger partial charge in [-0.2, -0.15) is 0 Å². The van der Waals surface area contributed by atoms with Crippen molar-refractivity contribution in [3.63, 3.8) is 0 Å². The summed E-state index contributed by atoms with van der Waals surface area (Å²) in [5, 5.41) is 76.4. The Bertz CT molecular complexity index is 1410. The van der Waals surface area contributed by atoms with Crippen LogP contribution in [0.5, 0.6) is 0 Å². The zero-order chi connectivity index (χ0) is 58.9. The molecule has 1 aliphatic heterocycles. The Morgan fingerprint density at radius 3 is 1.10 bits per heavy atom. The van der Waals surface area contributed by atoms with E-state index in [4.69, 9.17) is 9.47 Å². The molecule has 1 aliphatic rings. The van der Waals surface area contributed by atoms with E-state index in [2.05, 4.69) is 55.6 Å². The summed E-state index contributed by atoms with van der Waals surface area (Å²) in [5.74, 6) is -0.706. The second-order valence-electron chi connectivity index (χ2n) is 24.6. The van der Waals surface area contributed by atoms with Gasteiger partial charge in [0.25, 0.3) is 0 Å². The molecule has 0 bridgehead atoms. The lowest BCUT2D eigenvalue weighted by Crippen LogP contribution is -2.60. The normalized spacial score (nSPS) is 19.3. The second-order valence-corrected chi connectivity index (χ2v) is 24.6. The molecule has 0 aromatic rings. The van der Waals surface area contributed by atoms with E-state index in [-0.39, 0.29) is 12.8 Å². The lowest BCUT2D eigenvalue weighted by molar-refractivity contribution is -0.303. The van der Waals surface area contributed by atoms with Crippen molar-refractivity contribution in [3.05, 3.63) is 36.5 Å². The Morgan fingerprint density at radius 1 is 0.420 bits per heavy atom. The number of carbonyl (C=O) groups is 1. The Balaban J connectivity index is 2.23. The number of hydrogen-bond acceptors (Lipinski definition) is 10. The van der Waals surface area contributed by atoms with Gasteiger partial charge in [-0.1, -0.05) is 307 Å². The average Bonchev–Trinajstić information content (AvgIpc) is 3.51. The van der Waals surface area contributed by atoms with Crippen molar-refractivity contribution in [2.75, 3.05) is 13.2 Å². The summed E-state index contributed by atoms with van der Waals surface area (Å²) in [6.07, 6.45) is 63.7. The van der Waals surface area contributed by atoms with Crippen molar-refractivity contribution in [1.82, 2.24) is 5.32 Å². The smallest absolute Gasteiger partial charge is 0.249 e. The minimum absolute atomic E-state index is 0.243. The van der Waals surface area contributed by atoms with Crippen LogP contribution in [0.3, 0.4) is 0 Å². The number of carbonyl (C=O) groups excluding carboxylic acids is 1. The highest BCUT2D eigenvalue weighted by Crippen LogP contribution is 2.24. The number of aliphatic hydroxyl groups excluding tert-OH is 7. The molecule has 0 aromatic heterocycles. The van der Waals surface area contributed by atoms with Gasteiger partial charge < -0.3 is 50.5 Å². The van der Waals surface area contributed by atoms with Crippen molar-refractivity contribution < 1.29 is 50.0 Å². The van der Waals surface area contributed by atoms with Gasteiger partial charge in [-0.25, -0.2) is 0 Å². The van der Waals surface area contributed by atoms with Gasteiger partial charge in [-0.3, -0.25) is 4.79 Å². The van der Waals surface area contributed by atoms with Gasteiger partial charge in [0.05, 0.1) is 25.4 Å². The Morgan fingerprint density at radius 2 is 0.741 bits per heavy atom. The van der Waals surface area contributed by atoms with Gasteiger partial charge in [-0.15, -0.1) is 0 Å². The zero-order valence-electron chi connectivity index (χ0n) is 52.8. The molecule has 0 radical (unpaired) electrons. The quantitative estimate of drug-likeness (QED) is 0.0215. The van der Waals surface area contributed by atoms with Crippen LogP contribution in [0.4, 0.5) is 0 Å². The maximum Gasteiger partial charge on any atom is 0.249 e. The molecule has 1 saturated heterocycles. The number of allylic oxidation sites excluding steroid dienone is 6. The first-order valence-corrected chi connectivity index (χ1v) is 34.9. The van der Waals surface area contributed by atoms with Gasteiger partial charge in [-0.05, 0) is 64.2 Å². The second kappa shape index (κ2) is 58.7. The van der Waals surface area contributed by atoms with Gasteiger partial charge in [0.15, 0.2) is 6.29 Å². The molecule has 0 aliphatic carbocycles. The first-order chi connectivity index (χ1) is 39.7. The lowest BCUT2D eigenvalue weighted by Gasteiger charge is -2.40. The standard InChI is InChI=1S/C70H133NO10/c1-3-5-7-9-11-13-15-17-19-21-23-25-27-29-30-31-32-33-34-36-38-40-42-44-46-48-50-52-54-56-58-63(74)69(79)71-61(60-80-70-68(78)67(77)66(76)64(59-72)81-70)65(75)62(73)57-55-53-51-49-47-45-43-41-39-37-35-28-26-24-22-20-18-16-14-12-10-8-6-4-2/h28,35,41,43,49,51,61-68,70,72-78H,3-27,29-34,36-40,42,44-48,50,52-60H2,1-2H3,(H,71,79)/b35-28+,43-41+,51-49+. The molecular weight excluding hydrogens is 1010 g/mol. The highest BCUT2D eigenvalue weighted by atomic mass is 16.7. The summed E-state index contributed by atoms with van der Waals surface area (Å²) >= 11 is 0. The molecule has 9 unspecified atom stereocenters. The van der Waals surface area contributed by atoms with Crippen LogP contribution >= 0.6 is 0 Å². The van der Waals surface area contributed by atoms with Crippen molar-refractivity contribution in [3.8, 4) is 0 Å². The molecule has 0 spiro atoms. The van der Waals surface area contributed by atoms with Crippen LogP contribution in [0.1, 0.15) is 335 Å². The molecule has 1 rings (SSSR count). The third-order valence-corrected chi connectivity index (χ3v) is 16.9. The highest BCUT2D eigenvalue weighted by Gasteiger charge is 2.44. The summed E-state index contributed by atoms with van der Waals surface area (Å²) < 4.78 is 11.2. The molecule has 8 N–H and O–H groups in total. The molecule has 1 heterocycles. The number of rotatable bonds is 61. The number of nitrogens with one attached hydrogen (secondary N) is 1. The van der Waals surface area contributed by atoms with Crippen LogP contribution in [-0.2, 0) is 14.3 Å². The maximum atomic E-state index is 13.2. The van der Waals surface area contributed by atoms with Crippen LogP contribution in [0.2, 0.25) is 0 Å². The Kier molecular flexibility index (Phi) is 56.0. The van der Waals surface area contributed by atoms with Crippen LogP contribution in [0.25, 0.3) is 0 Å².